The number of nitrogens with one attached hydrogen (secondary N) is 1. The van der Waals surface area contributed by atoms with Crippen LogP contribution in [0.3, 0.4) is 0 Å². The molecule has 2 unspecified atom stereocenters. The molecule has 1 heterocycles. The van der Waals surface area contributed by atoms with E-state index in [1.165, 1.54) is 0 Å². The Hall–Kier alpha value is -1.98. The lowest BCUT2D eigenvalue weighted by Gasteiger charge is -2.57. The van der Waals surface area contributed by atoms with E-state index in [9.17, 15) is 4.79 Å². The van der Waals surface area contributed by atoms with Crippen molar-refractivity contribution in [2.75, 3.05) is 13.2 Å². The largest absolute Gasteiger partial charge is 0.378 e. The second kappa shape index (κ2) is 6.73. The molecular weight excluding hydrogens is 314 g/mol. The number of hydrogen-bond donors (Lipinski definition) is 2. The lowest BCUT2D eigenvalue weighted by molar-refractivity contribution is -0.170. The summed E-state index contributed by atoms with van der Waals surface area (Å²) in [4.78, 5) is 17.1. The van der Waals surface area contributed by atoms with Crippen LogP contribution in [0.15, 0.2) is 36.5 Å². The topological polar surface area (TPSA) is 77.2 Å². The van der Waals surface area contributed by atoms with Crippen molar-refractivity contribution in [3.8, 4) is 0 Å². The third-order valence-electron chi connectivity index (χ3n) is 5.63. The first-order valence-electron chi connectivity index (χ1n) is 8.91. The van der Waals surface area contributed by atoms with Gasteiger partial charge < -0.3 is 15.8 Å². The van der Waals surface area contributed by atoms with Crippen LogP contribution in [0.5, 0.6) is 0 Å². The molecule has 1 aliphatic rings. The molecule has 134 valence electrons. The van der Waals surface area contributed by atoms with Gasteiger partial charge in [-0.3, -0.25) is 9.78 Å². The van der Waals surface area contributed by atoms with E-state index >= 15 is 0 Å². The Labute approximate surface area is 149 Å². The van der Waals surface area contributed by atoms with E-state index < -0.39 is 5.54 Å². The lowest BCUT2D eigenvalue weighted by Crippen LogP contribution is -2.75. The molecule has 1 aromatic heterocycles. The number of ether oxygens (including phenoxy) is 1. The molecule has 25 heavy (non-hydrogen) atoms. The third kappa shape index (κ3) is 3.02. The molecule has 1 saturated carbocycles. The van der Waals surface area contributed by atoms with Gasteiger partial charge in [0.15, 0.2) is 0 Å². The highest BCUT2D eigenvalue weighted by atomic mass is 16.5. The number of aromatic nitrogens is 1. The predicted molar refractivity (Wildman–Crippen MR) is 99.2 cm³/mol. The van der Waals surface area contributed by atoms with Crippen molar-refractivity contribution in [2.45, 2.75) is 45.3 Å². The number of nitrogens with two attached hydrogens (primary N) is 1. The maximum Gasteiger partial charge on any atom is 0.240 e. The van der Waals surface area contributed by atoms with E-state index in [0.717, 1.165) is 22.9 Å². The van der Waals surface area contributed by atoms with Crippen molar-refractivity contribution >= 4 is 16.8 Å². The number of fused-ring (bicyclic) bond motifs is 1. The van der Waals surface area contributed by atoms with E-state index in [1.807, 2.05) is 45.0 Å². The molecule has 1 aromatic carbocycles. The van der Waals surface area contributed by atoms with E-state index in [0.29, 0.717) is 19.6 Å². The Morgan fingerprint density at radius 1 is 1.36 bits per heavy atom. The summed E-state index contributed by atoms with van der Waals surface area (Å²) >= 11 is 0. The first-order valence-corrected chi connectivity index (χ1v) is 8.91. The fraction of sp³-hybridized carbons (Fsp3) is 0.500. The molecule has 0 bridgehead atoms. The van der Waals surface area contributed by atoms with Crippen LogP contribution in [0.25, 0.3) is 10.9 Å². The minimum absolute atomic E-state index is 0.0375. The lowest BCUT2D eigenvalue weighted by atomic mass is 9.54. The highest BCUT2D eigenvalue weighted by molar-refractivity contribution is 5.89. The van der Waals surface area contributed by atoms with Crippen LogP contribution in [-0.2, 0) is 16.0 Å². The SMILES string of the molecule is CCOC1CC(N)(C(=O)NCCc2cccc3cccnc23)C1(C)C. The van der Waals surface area contributed by atoms with Crippen LogP contribution in [0.1, 0.15) is 32.8 Å². The first kappa shape index (κ1) is 17.8. The monoisotopic (exact) mass is 341 g/mol. The summed E-state index contributed by atoms with van der Waals surface area (Å²) in [5, 5.41) is 4.12. The number of benzene rings is 1. The second-order valence-electron chi connectivity index (χ2n) is 7.34. The third-order valence-corrected chi connectivity index (χ3v) is 5.63. The summed E-state index contributed by atoms with van der Waals surface area (Å²) in [5.74, 6) is -0.0957. The van der Waals surface area contributed by atoms with Crippen LogP contribution < -0.4 is 11.1 Å². The van der Waals surface area contributed by atoms with Gasteiger partial charge in [-0.15, -0.1) is 0 Å². The van der Waals surface area contributed by atoms with Gasteiger partial charge in [-0.2, -0.15) is 0 Å². The van der Waals surface area contributed by atoms with Crippen molar-refractivity contribution in [1.29, 1.82) is 0 Å². The molecule has 2 atom stereocenters. The quantitative estimate of drug-likeness (QED) is 0.846. The molecule has 1 fully saturated rings. The van der Waals surface area contributed by atoms with Gasteiger partial charge in [-0.05, 0) is 25.0 Å². The maximum atomic E-state index is 12.7. The van der Waals surface area contributed by atoms with Crippen molar-refractivity contribution in [3.05, 3.63) is 42.1 Å². The maximum absolute atomic E-state index is 12.7. The van der Waals surface area contributed by atoms with Crippen molar-refractivity contribution < 1.29 is 9.53 Å². The smallest absolute Gasteiger partial charge is 0.240 e. The number of pyridine rings is 1. The zero-order valence-electron chi connectivity index (χ0n) is 15.2. The molecular formula is C20H27N3O2. The van der Waals surface area contributed by atoms with E-state index in [4.69, 9.17) is 10.5 Å². The van der Waals surface area contributed by atoms with Gasteiger partial charge in [0, 0.05) is 36.6 Å². The molecule has 1 aliphatic carbocycles. The van der Waals surface area contributed by atoms with Crippen molar-refractivity contribution in [3.63, 3.8) is 0 Å². The normalized spacial score (nSPS) is 24.7. The molecule has 0 aliphatic heterocycles. The Balaban J connectivity index is 1.61. The van der Waals surface area contributed by atoms with Gasteiger partial charge in [-0.1, -0.05) is 38.1 Å². The average molecular weight is 341 g/mol. The highest BCUT2D eigenvalue weighted by Crippen LogP contribution is 2.49. The minimum atomic E-state index is -0.871. The summed E-state index contributed by atoms with van der Waals surface area (Å²) in [7, 11) is 0. The Bertz CT molecular complexity index is 769. The minimum Gasteiger partial charge on any atom is -0.378 e. The van der Waals surface area contributed by atoms with Gasteiger partial charge in [0.1, 0.15) is 5.54 Å². The molecule has 2 aromatic rings. The zero-order chi connectivity index (χ0) is 18.1. The number of rotatable bonds is 6. The van der Waals surface area contributed by atoms with Crippen LogP contribution in [-0.4, -0.2) is 35.7 Å². The van der Waals surface area contributed by atoms with Crippen molar-refractivity contribution in [1.82, 2.24) is 10.3 Å². The Morgan fingerprint density at radius 3 is 2.84 bits per heavy atom. The van der Waals surface area contributed by atoms with Gasteiger partial charge in [0.05, 0.1) is 11.6 Å². The molecule has 3 N–H and O–H groups in total. The summed E-state index contributed by atoms with van der Waals surface area (Å²) < 4.78 is 5.69. The van der Waals surface area contributed by atoms with Crippen LogP contribution in [0.4, 0.5) is 0 Å². The number of para-hydroxylation sites is 1. The van der Waals surface area contributed by atoms with E-state index in [2.05, 4.69) is 16.4 Å². The van der Waals surface area contributed by atoms with Crippen LogP contribution >= 0.6 is 0 Å². The summed E-state index contributed by atoms with van der Waals surface area (Å²) in [6.07, 6.45) is 3.13. The number of hydrogen-bond acceptors (Lipinski definition) is 4. The van der Waals surface area contributed by atoms with Crippen molar-refractivity contribution in [2.24, 2.45) is 11.1 Å². The molecule has 1 amide bonds. The van der Waals surface area contributed by atoms with Crippen LogP contribution in [0.2, 0.25) is 0 Å². The van der Waals surface area contributed by atoms with Gasteiger partial charge in [0.25, 0.3) is 0 Å². The van der Waals surface area contributed by atoms with E-state index in [-0.39, 0.29) is 17.4 Å². The first-order chi connectivity index (χ1) is 11.9. The number of amides is 1. The van der Waals surface area contributed by atoms with E-state index in [1.54, 1.807) is 6.20 Å². The summed E-state index contributed by atoms with van der Waals surface area (Å²) in [6, 6.07) is 10.1. The summed E-state index contributed by atoms with van der Waals surface area (Å²) in [5.41, 5.74) is 7.29. The zero-order valence-corrected chi connectivity index (χ0v) is 15.2. The highest BCUT2D eigenvalue weighted by Gasteiger charge is 2.62. The fourth-order valence-electron chi connectivity index (χ4n) is 3.66. The standard InChI is InChI=1S/C20H27N3O2/c1-4-25-16-13-20(21,19(16,2)3)18(24)23-12-10-15-8-5-7-14-9-6-11-22-17(14)15/h5-9,11,16H,4,10,12-13,21H2,1-3H3,(H,23,24). The second-order valence-corrected chi connectivity index (χ2v) is 7.34. The molecule has 5 nitrogen and oxygen atoms in total. The Morgan fingerprint density at radius 2 is 2.12 bits per heavy atom. The molecule has 5 heteroatoms. The Kier molecular flexibility index (Phi) is 4.80. The summed E-state index contributed by atoms with van der Waals surface area (Å²) in [6.45, 7) is 7.16. The number of carbonyl (C=O) groups excluding carboxylic acids is 1. The molecule has 0 radical (unpaired) electrons. The number of carbonyl (C=O) groups is 1. The number of nitrogens with zero attached hydrogens (tertiary/aromatic N) is 1. The fourth-order valence-corrected chi connectivity index (χ4v) is 3.66. The van der Waals surface area contributed by atoms with Gasteiger partial charge in [0.2, 0.25) is 5.91 Å². The average Bonchev–Trinajstić information content (AvgIpc) is 2.61. The van der Waals surface area contributed by atoms with Crippen LogP contribution in [0, 0.1) is 5.41 Å². The van der Waals surface area contributed by atoms with Gasteiger partial charge in [-0.25, -0.2) is 0 Å². The molecule has 0 saturated heterocycles. The molecule has 3 rings (SSSR count). The predicted octanol–water partition coefficient (Wildman–Crippen LogP) is 2.43. The molecule has 0 spiro atoms. The van der Waals surface area contributed by atoms with Gasteiger partial charge >= 0.3 is 0 Å².